The van der Waals surface area contributed by atoms with E-state index in [1.165, 1.54) is 0 Å². The number of ether oxygens (including phenoxy) is 1. The van der Waals surface area contributed by atoms with Crippen LogP contribution in [0.4, 0.5) is 0 Å². The van der Waals surface area contributed by atoms with Crippen molar-refractivity contribution in [3.05, 3.63) is 34.3 Å². The van der Waals surface area contributed by atoms with Crippen LogP contribution in [0.25, 0.3) is 10.6 Å². The van der Waals surface area contributed by atoms with Crippen LogP contribution >= 0.6 is 11.3 Å². The zero-order valence-corrected chi connectivity index (χ0v) is 11.7. The number of rotatable bonds is 4. The van der Waals surface area contributed by atoms with Crippen molar-refractivity contribution >= 4 is 11.3 Å². The van der Waals surface area contributed by atoms with Crippen LogP contribution in [0.1, 0.15) is 16.1 Å². The lowest BCUT2D eigenvalue weighted by Crippen LogP contribution is -1.88. The zero-order valence-electron chi connectivity index (χ0n) is 10.9. The monoisotopic (exact) mass is 263 g/mol. The molecular formula is C14H17NO2S. The number of methoxy groups -OCH3 is 1. The van der Waals surface area contributed by atoms with E-state index in [2.05, 4.69) is 11.1 Å². The molecule has 0 fully saturated rings. The summed E-state index contributed by atoms with van der Waals surface area (Å²) in [5.74, 6) is 0.891. The molecule has 96 valence electrons. The predicted octanol–water partition coefficient (Wildman–Crippen LogP) is 2.97. The van der Waals surface area contributed by atoms with E-state index in [9.17, 15) is 0 Å². The van der Waals surface area contributed by atoms with Crippen molar-refractivity contribution in [2.45, 2.75) is 20.3 Å². The number of aryl methyl sites for hydroxylation is 2. The Bertz CT molecular complexity index is 549. The lowest BCUT2D eigenvalue weighted by atomic mass is 10.1. The van der Waals surface area contributed by atoms with Crippen molar-refractivity contribution in [2.24, 2.45) is 0 Å². The van der Waals surface area contributed by atoms with Gasteiger partial charge >= 0.3 is 0 Å². The van der Waals surface area contributed by atoms with Gasteiger partial charge in [0, 0.05) is 23.5 Å². The van der Waals surface area contributed by atoms with Gasteiger partial charge in [-0.25, -0.2) is 4.98 Å². The topological polar surface area (TPSA) is 42.4 Å². The second-order valence-corrected chi connectivity index (χ2v) is 5.27. The third kappa shape index (κ3) is 2.54. The fraction of sp³-hybridized carbons (Fsp3) is 0.357. The molecular weight excluding hydrogens is 246 g/mol. The number of nitrogens with zero attached hydrogens (tertiary/aromatic N) is 1. The van der Waals surface area contributed by atoms with Crippen molar-refractivity contribution in [3.63, 3.8) is 0 Å². The summed E-state index contributed by atoms with van der Waals surface area (Å²) in [4.78, 5) is 5.72. The highest BCUT2D eigenvalue weighted by Gasteiger charge is 2.10. The average molecular weight is 263 g/mol. The van der Waals surface area contributed by atoms with Crippen LogP contribution < -0.4 is 4.74 Å². The second kappa shape index (κ2) is 5.50. The largest absolute Gasteiger partial charge is 0.496 e. The van der Waals surface area contributed by atoms with Gasteiger partial charge in [-0.05, 0) is 37.6 Å². The van der Waals surface area contributed by atoms with Crippen molar-refractivity contribution in [1.82, 2.24) is 4.98 Å². The highest BCUT2D eigenvalue weighted by Crippen LogP contribution is 2.31. The van der Waals surface area contributed by atoms with E-state index < -0.39 is 0 Å². The quantitative estimate of drug-likeness (QED) is 0.922. The van der Waals surface area contributed by atoms with Crippen LogP contribution in [0.5, 0.6) is 5.75 Å². The average Bonchev–Trinajstić information content (AvgIpc) is 2.71. The summed E-state index contributed by atoms with van der Waals surface area (Å²) in [5, 5.41) is 10.0. The zero-order chi connectivity index (χ0) is 13.1. The molecule has 1 N–H and O–H groups in total. The van der Waals surface area contributed by atoms with Crippen LogP contribution in [-0.2, 0) is 6.42 Å². The Kier molecular flexibility index (Phi) is 3.99. The highest BCUT2D eigenvalue weighted by molar-refractivity contribution is 7.15. The van der Waals surface area contributed by atoms with Crippen LogP contribution in [0.2, 0.25) is 0 Å². The smallest absolute Gasteiger partial charge is 0.123 e. The van der Waals surface area contributed by atoms with Gasteiger partial charge in [0.05, 0.1) is 12.8 Å². The van der Waals surface area contributed by atoms with Crippen LogP contribution in [0, 0.1) is 13.8 Å². The number of benzene rings is 1. The van der Waals surface area contributed by atoms with E-state index in [1.54, 1.807) is 18.4 Å². The van der Waals surface area contributed by atoms with Gasteiger partial charge in [0.15, 0.2) is 0 Å². The predicted molar refractivity (Wildman–Crippen MR) is 74.4 cm³/mol. The molecule has 0 saturated carbocycles. The molecule has 0 radical (unpaired) electrons. The minimum absolute atomic E-state index is 0.171. The molecule has 0 unspecified atom stereocenters. The molecule has 1 heterocycles. The van der Waals surface area contributed by atoms with Gasteiger partial charge in [0.2, 0.25) is 0 Å². The minimum Gasteiger partial charge on any atom is -0.496 e. The Morgan fingerprint density at radius 1 is 1.33 bits per heavy atom. The first-order valence-electron chi connectivity index (χ1n) is 5.88. The molecule has 0 aliphatic carbocycles. The van der Waals surface area contributed by atoms with Crippen molar-refractivity contribution in [2.75, 3.05) is 13.7 Å². The molecule has 0 aliphatic heterocycles. The summed E-state index contributed by atoms with van der Waals surface area (Å²) in [6, 6.07) is 6.07. The molecule has 0 spiro atoms. The standard InChI is InChI=1S/C14H17NO2S/c1-9-8-11(4-5-12(9)17-3)14-15-10(2)13(18-14)6-7-16/h4-5,8,16H,6-7H2,1-3H3. The molecule has 0 amide bonds. The molecule has 4 heteroatoms. The van der Waals surface area contributed by atoms with Gasteiger partial charge < -0.3 is 9.84 Å². The molecule has 0 saturated heterocycles. The summed E-state index contributed by atoms with van der Waals surface area (Å²) in [7, 11) is 1.68. The first kappa shape index (κ1) is 13.1. The van der Waals surface area contributed by atoms with E-state index in [4.69, 9.17) is 9.84 Å². The number of aromatic nitrogens is 1. The summed E-state index contributed by atoms with van der Waals surface area (Å²) >= 11 is 1.65. The van der Waals surface area contributed by atoms with E-state index in [1.807, 2.05) is 26.0 Å². The molecule has 2 rings (SSSR count). The molecule has 0 bridgehead atoms. The van der Waals surface area contributed by atoms with E-state index in [0.717, 1.165) is 32.5 Å². The van der Waals surface area contributed by atoms with Crippen molar-refractivity contribution in [3.8, 4) is 16.3 Å². The molecule has 0 atom stereocenters. The Balaban J connectivity index is 2.36. The van der Waals surface area contributed by atoms with Crippen LogP contribution in [0.3, 0.4) is 0 Å². The highest BCUT2D eigenvalue weighted by atomic mass is 32.1. The first-order valence-corrected chi connectivity index (χ1v) is 6.69. The Morgan fingerprint density at radius 3 is 2.72 bits per heavy atom. The number of hydrogen-bond donors (Lipinski definition) is 1. The van der Waals surface area contributed by atoms with Crippen molar-refractivity contribution < 1.29 is 9.84 Å². The summed E-state index contributed by atoms with van der Waals surface area (Å²) in [6.07, 6.45) is 0.679. The number of aliphatic hydroxyl groups excluding tert-OH is 1. The summed E-state index contributed by atoms with van der Waals surface area (Å²) in [5.41, 5.74) is 3.22. The van der Waals surface area contributed by atoms with Gasteiger partial charge in [0.25, 0.3) is 0 Å². The summed E-state index contributed by atoms with van der Waals surface area (Å²) in [6.45, 7) is 4.18. The lowest BCUT2D eigenvalue weighted by Gasteiger charge is -2.05. The molecule has 18 heavy (non-hydrogen) atoms. The van der Waals surface area contributed by atoms with E-state index in [-0.39, 0.29) is 6.61 Å². The number of hydrogen-bond acceptors (Lipinski definition) is 4. The van der Waals surface area contributed by atoms with E-state index >= 15 is 0 Å². The second-order valence-electron chi connectivity index (χ2n) is 4.19. The van der Waals surface area contributed by atoms with E-state index in [0.29, 0.717) is 6.42 Å². The summed E-state index contributed by atoms with van der Waals surface area (Å²) < 4.78 is 5.25. The maximum absolute atomic E-state index is 9.00. The maximum Gasteiger partial charge on any atom is 0.123 e. The van der Waals surface area contributed by atoms with Gasteiger partial charge in [-0.2, -0.15) is 0 Å². The maximum atomic E-state index is 9.00. The van der Waals surface area contributed by atoms with Gasteiger partial charge in [-0.3, -0.25) is 0 Å². The van der Waals surface area contributed by atoms with Crippen molar-refractivity contribution in [1.29, 1.82) is 0 Å². The molecule has 1 aromatic heterocycles. The Hall–Kier alpha value is -1.39. The molecule has 3 nitrogen and oxygen atoms in total. The Morgan fingerprint density at radius 2 is 2.11 bits per heavy atom. The molecule has 2 aromatic rings. The third-order valence-corrected chi connectivity index (χ3v) is 4.14. The Labute approximate surface area is 111 Å². The lowest BCUT2D eigenvalue weighted by molar-refractivity contribution is 0.300. The van der Waals surface area contributed by atoms with Gasteiger partial charge in [0.1, 0.15) is 10.8 Å². The molecule has 0 aliphatic rings. The first-order chi connectivity index (χ1) is 8.65. The minimum atomic E-state index is 0.171. The van der Waals surface area contributed by atoms with Gasteiger partial charge in [-0.15, -0.1) is 11.3 Å². The SMILES string of the molecule is COc1ccc(-c2nc(C)c(CCO)s2)cc1C. The number of thiazole rings is 1. The van der Waals surface area contributed by atoms with Gasteiger partial charge in [-0.1, -0.05) is 0 Å². The molecule has 1 aromatic carbocycles. The third-order valence-electron chi connectivity index (χ3n) is 2.87. The van der Waals surface area contributed by atoms with Crippen LogP contribution in [-0.4, -0.2) is 23.8 Å². The fourth-order valence-electron chi connectivity index (χ4n) is 1.90. The number of aliphatic hydroxyl groups is 1. The normalized spacial score (nSPS) is 10.7. The van der Waals surface area contributed by atoms with Crippen LogP contribution in [0.15, 0.2) is 18.2 Å². The fourth-order valence-corrected chi connectivity index (χ4v) is 2.94.